The number of carbonyl (C=O) groups excluding carboxylic acids is 2. The number of benzene rings is 1. The fourth-order valence-corrected chi connectivity index (χ4v) is 3.24. The lowest BCUT2D eigenvalue weighted by atomic mass is 10.1. The molecule has 0 aromatic heterocycles. The lowest BCUT2D eigenvalue weighted by molar-refractivity contribution is -0.135. The van der Waals surface area contributed by atoms with E-state index < -0.39 is 5.97 Å². The lowest BCUT2D eigenvalue weighted by Gasteiger charge is -2.23. The van der Waals surface area contributed by atoms with Gasteiger partial charge in [-0.15, -0.1) is 0 Å². The molecular weight excluding hydrogens is 294 g/mol. The Hall–Kier alpha value is -1.66. The summed E-state index contributed by atoms with van der Waals surface area (Å²) >= 11 is 6.35. The normalized spacial score (nSPS) is 18.5. The molecule has 1 amide bonds. The summed E-state index contributed by atoms with van der Waals surface area (Å²) in [7, 11) is 1.27. The summed E-state index contributed by atoms with van der Waals surface area (Å²) in [5.41, 5.74) is 0.989. The molecular formula is C14H13NO3S2. The van der Waals surface area contributed by atoms with Crippen LogP contribution in [0.5, 0.6) is 0 Å². The number of carbonyl (C=O) groups is 2. The van der Waals surface area contributed by atoms with Crippen molar-refractivity contribution in [1.29, 1.82) is 0 Å². The second-order valence-corrected chi connectivity index (χ2v) is 5.84. The van der Waals surface area contributed by atoms with Crippen molar-refractivity contribution in [2.75, 3.05) is 7.11 Å². The molecule has 6 heteroatoms. The molecule has 0 bridgehead atoms. The van der Waals surface area contributed by atoms with Gasteiger partial charge in [-0.25, -0.2) is 4.79 Å². The molecule has 1 aliphatic rings. The van der Waals surface area contributed by atoms with Crippen LogP contribution in [0.25, 0.3) is 0 Å². The second-order valence-electron chi connectivity index (χ2n) is 4.16. The van der Waals surface area contributed by atoms with Gasteiger partial charge in [0, 0.05) is 6.08 Å². The maximum atomic E-state index is 12.3. The third-order valence-corrected chi connectivity index (χ3v) is 4.27. The van der Waals surface area contributed by atoms with Gasteiger partial charge in [-0.2, -0.15) is 0 Å². The number of amides is 1. The molecule has 1 aromatic rings. The number of rotatable bonds is 3. The number of esters is 1. The van der Waals surface area contributed by atoms with Gasteiger partial charge in [0.15, 0.2) is 0 Å². The molecule has 20 heavy (non-hydrogen) atoms. The van der Waals surface area contributed by atoms with Crippen molar-refractivity contribution in [3.05, 3.63) is 46.9 Å². The van der Waals surface area contributed by atoms with Crippen LogP contribution in [0.15, 0.2) is 41.3 Å². The lowest BCUT2D eigenvalue weighted by Crippen LogP contribution is -2.31. The number of hydrogen-bond acceptors (Lipinski definition) is 5. The first-order chi connectivity index (χ1) is 9.54. The highest BCUT2D eigenvalue weighted by molar-refractivity contribution is 8.26. The van der Waals surface area contributed by atoms with Crippen molar-refractivity contribution in [2.24, 2.45) is 0 Å². The molecule has 2 rings (SSSR count). The number of thioether (sulfide) groups is 1. The molecule has 0 saturated carbocycles. The molecule has 1 fully saturated rings. The van der Waals surface area contributed by atoms with Crippen LogP contribution in [0.2, 0.25) is 0 Å². The summed E-state index contributed by atoms with van der Waals surface area (Å²) in [6, 6.07) is 9.44. The van der Waals surface area contributed by atoms with Gasteiger partial charge >= 0.3 is 5.97 Å². The van der Waals surface area contributed by atoms with Crippen LogP contribution in [0, 0.1) is 0 Å². The Kier molecular flexibility index (Phi) is 4.57. The molecule has 1 aromatic carbocycles. The molecule has 1 heterocycles. The van der Waals surface area contributed by atoms with E-state index in [1.54, 1.807) is 0 Å². The van der Waals surface area contributed by atoms with Gasteiger partial charge in [0.25, 0.3) is 5.91 Å². The zero-order valence-corrected chi connectivity index (χ0v) is 12.7. The molecule has 104 valence electrons. The Bertz CT molecular complexity index is 583. The van der Waals surface area contributed by atoms with Crippen LogP contribution in [0.1, 0.15) is 18.5 Å². The van der Waals surface area contributed by atoms with E-state index >= 15 is 0 Å². The molecule has 0 aliphatic carbocycles. The van der Waals surface area contributed by atoms with E-state index in [2.05, 4.69) is 4.74 Å². The predicted molar refractivity (Wildman–Crippen MR) is 82.0 cm³/mol. The van der Waals surface area contributed by atoms with Gasteiger partial charge in [-0.3, -0.25) is 9.69 Å². The molecule has 0 spiro atoms. The standard InChI is InChI=1S/C14H13NO3S2/c1-9(10-6-4-3-5-7-10)15-13(17)11(20-14(15)19)8-12(16)18-2/h3-9H,1-2H3/b11-8-. The van der Waals surface area contributed by atoms with Crippen molar-refractivity contribution < 1.29 is 14.3 Å². The van der Waals surface area contributed by atoms with E-state index in [9.17, 15) is 9.59 Å². The predicted octanol–water partition coefficient (Wildman–Crippen LogP) is 2.66. The van der Waals surface area contributed by atoms with Gasteiger partial charge in [0.1, 0.15) is 4.32 Å². The molecule has 0 N–H and O–H groups in total. The molecule has 1 saturated heterocycles. The van der Waals surface area contributed by atoms with Gasteiger partial charge in [0.05, 0.1) is 18.1 Å². The summed E-state index contributed by atoms with van der Waals surface area (Å²) in [5, 5.41) is 0. The van der Waals surface area contributed by atoms with E-state index in [1.807, 2.05) is 37.3 Å². The average Bonchev–Trinajstić information content (AvgIpc) is 2.73. The van der Waals surface area contributed by atoms with Crippen LogP contribution < -0.4 is 0 Å². The Labute approximate surface area is 126 Å². The highest BCUT2D eigenvalue weighted by Gasteiger charge is 2.36. The van der Waals surface area contributed by atoms with E-state index in [-0.39, 0.29) is 11.9 Å². The van der Waals surface area contributed by atoms with E-state index in [0.717, 1.165) is 17.3 Å². The number of ether oxygens (including phenoxy) is 1. The van der Waals surface area contributed by atoms with Crippen LogP contribution in [-0.4, -0.2) is 28.2 Å². The van der Waals surface area contributed by atoms with E-state index in [4.69, 9.17) is 12.2 Å². The van der Waals surface area contributed by atoms with Crippen LogP contribution >= 0.6 is 24.0 Å². The first-order valence-corrected chi connectivity index (χ1v) is 7.17. The quantitative estimate of drug-likeness (QED) is 0.488. The minimum atomic E-state index is -0.558. The average molecular weight is 307 g/mol. The largest absolute Gasteiger partial charge is 0.466 e. The van der Waals surface area contributed by atoms with Gasteiger partial charge in [-0.1, -0.05) is 54.3 Å². The van der Waals surface area contributed by atoms with E-state index in [0.29, 0.717) is 9.23 Å². The summed E-state index contributed by atoms with van der Waals surface area (Å²) in [6.07, 6.45) is 1.18. The Morgan fingerprint density at radius 2 is 2.05 bits per heavy atom. The summed E-state index contributed by atoms with van der Waals surface area (Å²) in [5.74, 6) is -0.820. The second kappa shape index (κ2) is 6.19. The van der Waals surface area contributed by atoms with Crippen molar-refractivity contribution in [3.63, 3.8) is 0 Å². The minimum Gasteiger partial charge on any atom is -0.466 e. The van der Waals surface area contributed by atoms with Gasteiger partial charge in [-0.05, 0) is 12.5 Å². The maximum Gasteiger partial charge on any atom is 0.331 e. The van der Waals surface area contributed by atoms with Gasteiger partial charge < -0.3 is 4.74 Å². The number of methoxy groups -OCH3 is 1. The van der Waals surface area contributed by atoms with Crippen LogP contribution in [0.4, 0.5) is 0 Å². The molecule has 0 radical (unpaired) electrons. The molecule has 1 unspecified atom stereocenters. The topological polar surface area (TPSA) is 46.6 Å². The summed E-state index contributed by atoms with van der Waals surface area (Å²) < 4.78 is 4.98. The number of nitrogens with zero attached hydrogens (tertiary/aromatic N) is 1. The highest BCUT2D eigenvalue weighted by atomic mass is 32.2. The zero-order chi connectivity index (χ0) is 14.7. The zero-order valence-electron chi connectivity index (χ0n) is 11.0. The fourth-order valence-electron chi connectivity index (χ4n) is 1.86. The van der Waals surface area contributed by atoms with Crippen LogP contribution in [-0.2, 0) is 14.3 Å². The summed E-state index contributed by atoms with van der Waals surface area (Å²) in [6.45, 7) is 1.90. The Morgan fingerprint density at radius 3 is 2.65 bits per heavy atom. The highest BCUT2D eigenvalue weighted by Crippen LogP contribution is 2.36. The Balaban J connectivity index is 2.26. The molecule has 1 atom stereocenters. The third-order valence-electron chi connectivity index (χ3n) is 2.94. The smallest absolute Gasteiger partial charge is 0.331 e. The maximum absolute atomic E-state index is 12.3. The van der Waals surface area contributed by atoms with Crippen molar-refractivity contribution >= 4 is 40.2 Å². The van der Waals surface area contributed by atoms with Crippen LogP contribution in [0.3, 0.4) is 0 Å². The fraction of sp³-hybridized carbons (Fsp3) is 0.214. The number of hydrogen-bond donors (Lipinski definition) is 0. The summed E-state index contributed by atoms with van der Waals surface area (Å²) in [4.78, 5) is 25.4. The number of thiocarbonyl (C=S) groups is 1. The molecule has 4 nitrogen and oxygen atoms in total. The SMILES string of the molecule is COC(=O)/C=C1\SC(=S)N(C(C)c2ccccc2)C1=O. The van der Waals surface area contributed by atoms with Crippen molar-refractivity contribution in [2.45, 2.75) is 13.0 Å². The van der Waals surface area contributed by atoms with Crippen molar-refractivity contribution in [3.8, 4) is 0 Å². The third kappa shape index (κ3) is 2.91. The minimum absolute atomic E-state index is 0.174. The first kappa shape index (κ1) is 14.7. The first-order valence-electron chi connectivity index (χ1n) is 5.94. The molecule has 1 aliphatic heterocycles. The van der Waals surface area contributed by atoms with Gasteiger partial charge in [0.2, 0.25) is 0 Å². The monoisotopic (exact) mass is 307 g/mol. The van der Waals surface area contributed by atoms with Crippen molar-refractivity contribution in [1.82, 2.24) is 4.90 Å². The Morgan fingerprint density at radius 1 is 1.40 bits per heavy atom. The van der Waals surface area contributed by atoms with E-state index in [1.165, 1.54) is 18.1 Å².